The average molecular weight is 207 g/mol. The lowest BCUT2D eigenvalue weighted by atomic mass is 10.2. The van der Waals surface area contributed by atoms with Crippen LogP contribution in [0.25, 0.3) is 10.9 Å². The molecule has 0 atom stereocenters. The first kappa shape index (κ1) is 9.46. The molecule has 2 aromatic rings. The molecule has 1 aromatic carbocycles. The molecule has 0 aliphatic heterocycles. The first-order valence-electron chi connectivity index (χ1n) is 4.68. The fourth-order valence-corrected chi connectivity index (χ4v) is 2.07. The third-order valence-corrected chi connectivity index (χ3v) is 2.78. The average Bonchev–Trinajstić information content (AvgIpc) is 2.54. The summed E-state index contributed by atoms with van der Waals surface area (Å²) in [6.45, 7) is 3.00. The van der Waals surface area contributed by atoms with Crippen LogP contribution in [0.1, 0.15) is 12.6 Å². The fourth-order valence-electron chi connectivity index (χ4n) is 1.80. The molecule has 3 heteroatoms. The van der Waals surface area contributed by atoms with Crippen LogP contribution in [0.2, 0.25) is 0 Å². The van der Waals surface area contributed by atoms with E-state index in [9.17, 15) is 5.11 Å². The van der Waals surface area contributed by atoms with E-state index in [0.717, 1.165) is 23.2 Å². The highest BCUT2D eigenvalue weighted by Gasteiger charge is 2.06. The van der Waals surface area contributed by atoms with E-state index >= 15 is 0 Å². The summed E-state index contributed by atoms with van der Waals surface area (Å²) in [7, 11) is 0. The second-order valence-corrected chi connectivity index (χ2v) is 3.60. The molecular weight excluding hydrogens is 194 g/mol. The molecule has 0 fully saturated rings. The highest BCUT2D eigenvalue weighted by Crippen LogP contribution is 2.24. The molecule has 74 valence electrons. The van der Waals surface area contributed by atoms with E-state index in [-0.39, 0.29) is 0 Å². The Morgan fingerprint density at radius 1 is 1.36 bits per heavy atom. The molecule has 1 heterocycles. The summed E-state index contributed by atoms with van der Waals surface area (Å²) in [5.74, 6) is 1.04. The molecule has 0 amide bonds. The minimum atomic E-state index is 0.316. The van der Waals surface area contributed by atoms with Gasteiger partial charge in [-0.1, -0.05) is 0 Å². The van der Waals surface area contributed by atoms with Gasteiger partial charge in [-0.3, -0.25) is 0 Å². The van der Waals surface area contributed by atoms with Crippen LogP contribution in [0.3, 0.4) is 0 Å². The number of aromatic hydroxyl groups is 1. The standard InChI is InChI=1S/C11H13NOS/c1-2-12-9(7-14)5-8-3-4-10(13)6-11(8)12/h3-6,13-14H,2,7H2,1H3. The highest BCUT2D eigenvalue weighted by molar-refractivity contribution is 7.79. The lowest BCUT2D eigenvalue weighted by molar-refractivity contribution is 0.476. The van der Waals surface area contributed by atoms with E-state index < -0.39 is 0 Å². The van der Waals surface area contributed by atoms with Gasteiger partial charge in [-0.25, -0.2) is 0 Å². The second kappa shape index (κ2) is 3.58. The van der Waals surface area contributed by atoms with Gasteiger partial charge in [0.2, 0.25) is 0 Å². The number of rotatable bonds is 2. The monoisotopic (exact) mass is 207 g/mol. The van der Waals surface area contributed by atoms with Crippen LogP contribution in [0.15, 0.2) is 24.3 Å². The van der Waals surface area contributed by atoms with E-state index in [0.29, 0.717) is 5.75 Å². The quantitative estimate of drug-likeness (QED) is 0.727. The van der Waals surface area contributed by atoms with Crippen molar-refractivity contribution in [2.75, 3.05) is 0 Å². The lowest BCUT2D eigenvalue weighted by Gasteiger charge is -2.05. The zero-order valence-electron chi connectivity index (χ0n) is 8.07. The number of hydrogen-bond donors (Lipinski definition) is 2. The Balaban J connectivity index is 2.74. The van der Waals surface area contributed by atoms with Crippen molar-refractivity contribution in [3.05, 3.63) is 30.0 Å². The molecule has 0 saturated carbocycles. The molecule has 0 aliphatic rings. The Kier molecular flexibility index (Phi) is 2.42. The Labute approximate surface area is 88.6 Å². The molecule has 2 nitrogen and oxygen atoms in total. The zero-order chi connectivity index (χ0) is 10.1. The van der Waals surface area contributed by atoms with E-state index in [1.165, 1.54) is 5.69 Å². The van der Waals surface area contributed by atoms with Gasteiger partial charge in [0.25, 0.3) is 0 Å². The van der Waals surface area contributed by atoms with Gasteiger partial charge in [-0.2, -0.15) is 12.6 Å². The largest absolute Gasteiger partial charge is 0.508 e. The van der Waals surface area contributed by atoms with Crippen molar-refractivity contribution in [3.63, 3.8) is 0 Å². The number of aromatic nitrogens is 1. The van der Waals surface area contributed by atoms with Crippen molar-refractivity contribution in [2.24, 2.45) is 0 Å². The predicted molar refractivity (Wildman–Crippen MR) is 62.0 cm³/mol. The van der Waals surface area contributed by atoms with Crippen LogP contribution in [0.4, 0.5) is 0 Å². The molecule has 2 rings (SSSR count). The van der Waals surface area contributed by atoms with Crippen LogP contribution in [-0.4, -0.2) is 9.67 Å². The molecule has 0 radical (unpaired) electrons. The maximum absolute atomic E-state index is 9.40. The summed E-state index contributed by atoms with van der Waals surface area (Å²) >= 11 is 4.29. The van der Waals surface area contributed by atoms with Gasteiger partial charge in [0.1, 0.15) is 5.75 Å². The fraction of sp³-hybridized carbons (Fsp3) is 0.273. The number of nitrogens with zero attached hydrogens (tertiary/aromatic N) is 1. The summed E-state index contributed by atoms with van der Waals surface area (Å²) < 4.78 is 2.17. The molecule has 0 spiro atoms. The van der Waals surface area contributed by atoms with Crippen LogP contribution in [0.5, 0.6) is 5.75 Å². The first-order chi connectivity index (χ1) is 6.76. The van der Waals surface area contributed by atoms with Gasteiger partial charge in [0.15, 0.2) is 0 Å². The van der Waals surface area contributed by atoms with Crippen LogP contribution >= 0.6 is 12.6 Å². The minimum Gasteiger partial charge on any atom is -0.508 e. The SMILES string of the molecule is CCn1c(CS)cc2ccc(O)cc21. The minimum absolute atomic E-state index is 0.316. The summed E-state index contributed by atoms with van der Waals surface area (Å²) in [5.41, 5.74) is 2.27. The number of phenols is 1. The Bertz CT molecular complexity index is 462. The second-order valence-electron chi connectivity index (χ2n) is 3.28. The summed E-state index contributed by atoms with van der Waals surface area (Å²) in [6.07, 6.45) is 0. The van der Waals surface area contributed by atoms with Crippen molar-refractivity contribution in [1.29, 1.82) is 0 Å². The van der Waals surface area contributed by atoms with Gasteiger partial charge in [-0.15, -0.1) is 0 Å². The highest BCUT2D eigenvalue weighted by atomic mass is 32.1. The predicted octanol–water partition coefficient (Wildman–Crippen LogP) is 2.80. The smallest absolute Gasteiger partial charge is 0.117 e. The number of benzene rings is 1. The molecule has 0 unspecified atom stereocenters. The molecule has 0 saturated heterocycles. The Hall–Kier alpha value is -1.09. The normalized spacial score (nSPS) is 11.0. The van der Waals surface area contributed by atoms with Gasteiger partial charge >= 0.3 is 0 Å². The third-order valence-electron chi connectivity index (χ3n) is 2.45. The van der Waals surface area contributed by atoms with Crippen molar-refractivity contribution < 1.29 is 5.11 Å². The van der Waals surface area contributed by atoms with Gasteiger partial charge in [0.05, 0.1) is 5.52 Å². The van der Waals surface area contributed by atoms with Crippen molar-refractivity contribution >= 4 is 23.5 Å². The van der Waals surface area contributed by atoms with Crippen LogP contribution in [-0.2, 0) is 12.3 Å². The first-order valence-corrected chi connectivity index (χ1v) is 5.31. The van der Waals surface area contributed by atoms with E-state index in [1.54, 1.807) is 12.1 Å². The number of fused-ring (bicyclic) bond motifs is 1. The maximum atomic E-state index is 9.40. The Morgan fingerprint density at radius 2 is 2.14 bits per heavy atom. The summed E-state index contributed by atoms with van der Waals surface area (Å²) in [6, 6.07) is 7.56. The van der Waals surface area contributed by atoms with E-state index in [4.69, 9.17) is 0 Å². The van der Waals surface area contributed by atoms with Crippen molar-refractivity contribution in [3.8, 4) is 5.75 Å². The molecule has 14 heavy (non-hydrogen) atoms. The van der Waals surface area contributed by atoms with Gasteiger partial charge < -0.3 is 9.67 Å². The molecule has 0 bridgehead atoms. The van der Waals surface area contributed by atoms with Crippen LogP contribution < -0.4 is 0 Å². The Morgan fingerprint density at radius 3 is 2.79 bits per heavy atom. The van der Waals surface area contributed by atoms with E-state index in [2.05, 4.69) is 30.2 Å². The maximum Gasteiger partial charge on any atom is 0.117 e. The van der Waals surface area contributed by atoms with E-state index in [1.807, 2.05) is 6.07 Å². The van der Waals surface area contributed by atoms with Gasteiger partial charge in [-0.05, 0) is 25.1 Å². The van der Waals surface area contributed by atoms with Crippen molar-refractivity contribution in [2.45, 2.75) is 19.2 Å². The molecule has 1 N–H and O–H groups in total. The summed E-state index contributed by atoms with van der Waals surface area (Å²) in [5, 5.41) is 10.6. The number of aryl methyl sites for hydroxylation is 1. The molecular formula is C11H13NOS. The number of thiol groups is 1. The molecule has 0 aliphatic carbocycles. The molecule has 1 aromatic heterocycles. The topological polar surface area (TPSA) is 25.2 Å². The summed E-state index contributed by atoms with van der Waals surface area (Å²) in [4.78, 5) is 0. The lowest BCUT2D eigenvalue weighted by Crippen LogP contribution is -1.97. The number of phenolic OH excluding ortho intramolecular Hbond substituents is 1. The third kappa shape index (κ3) is 1.38. The van der Waals surface area contributed by atoms with Gasteiger partial charge in [0, 0.05) is 29.4 Å². The zero-order valence-corrected chi connectivity index (χ0v) is 8.96. The van der Waals surface area contributed by atoms with Crippen molar-refractivity contribution in [1.82, 2.24) is 4.57 Å². The number of hydrogen-bond acceptors (Lipinski definition) is 2. The van der Waals surface area contributed by atoms with Crippen LogP contribution in [0, 0.1) is 0 Å².